The lowest BCUT2D eigenvalue weighted by Crippen LogP contribution is -2.04. The summed E-state index contributed by atoms with van der Waals surface area (Å²) in [5.41, 5.74) is 0.789. The van der Waals surface area contributed by atoms with Crippen LogP contribution in [0.25, 0.3) is 0 Å². The Morgan fingerprint density at radius 2 is 2.33 bits per heavy atom. The summed E-state index contributed by atoms with van der Waals surface area (Å²) in [5, 5.41) is 17.9. The van der Waals surface area contributed by atoms with Gasteiger partial charge in [0.25, 0.3) is 0 Å². The lowest BCUT2D eigenvalue weighted by atomic mass is 10.3. The second-order valence-electron chi connectivity index (χ2n) is 3.63. The summed E-state index contributed by atoms with van der Waals surface area (Å²) in [7, 11) is 1.80. The van der Waals surface area contributed by atoms with Gasteiger partial charge in [-0.25, -0.2) is 4.98 Å². The van der Waals surface area contributed by atoms with Crippen molar-refractivity contribution in [3.05, 3.63) is 45.4 Å². The van der Waals surface area contributed by atoms with Crippen molar-refractivity contribution < 1.29 is 4.92 Å². The van der Waals surface area contributed by atoms with Gasteiger partial charge in [0.15, 0.2) is 0 Å². The van der Waals surface area contributed by atoms with Gasteiger partial charge < -0.3 is 5.32 Å². The molecular formula is C10H10ClN5O2. The summed E-state index contributed by atoms with van der Waals surface area (Å²) in [6.07, 6.45) is 3.48. The van der Waals surface area contributed by atoms with Gasteiger partial charge in [0, 0.05) is 31.4 Å². The van der Waals surface area contributed by atoms with Gasteiger partial charge in [-0.15, -0.1) is 0 Å². The highest BCUT2D eigenvalue weighted by molar-refractivity contribution is 6.29. The van der Waals surface area contributed by atoms with Crippen LogP contribution < -0.4 is 5.32 Å². The van der Waals surface area contributed by atoms with E-state index >= 15 is 0 Å². The molecule has 2 rings (SSSR count). The minimum absolute atomic E-state index is 0.108. The average molecular weight is 268 g/mol. The van der Waals surface area contributed by atoms with Gasteiger partial charge in [0.05, 0.1) is 11.1 Å². The normalized spacial score (nSPS) is 10.3. The molecule has 8 heteroatoms. The maximum Gasteiger partial charge on any atom is 0.311 e. The number of aromatic nitrogens is 3. The molecule has 18 heavy (non-hydrogen) atoms. The third-order valence-electron chi connectivity index (χ3n) is 2.25. The predicted octanol–water partition coefficient (Wildman–Crippen LogP) is 1.99. The molecule has 0 aliphatic carbocycles. The van der Waals surface area contributed by atoms with Crippen LogP contribution in [0.2, 0.25) is 5.15 Å². The minimum atomic E-state index is -0.505. The Morgan fingerprint density at radius 1 is 1.56 bits per heavy atom. The first-order valence-corrected chi connectivity index (χ1v) is 5.46. The van der Waals surface area contributed by atoms with Crippen LogP contribution in [0.3, 0.4) is 0 Å². The summed E-state index contributed by atoms with van der Waals surface area (Å²) in [6, 6.07) is 2.70. The van der Waals surface area contributed by atoms with E-state index in [2.05, 4.69) is 15.4 Å². The summed E-state index contributed by atoms with van der Waals surface area (Å²) in [4.78, 5) is 14.2. The topological polar surface area (TPSA) is 85.9 Å². The molecule has 0 radical (unpaired) electrons. The zero-order valence-corrected chi connectivity index (χ0v) is 10.3. The van der Waals surface area contributed by atoms with Crippen LogP contribution in [0, 0.1) is 10.1 Å². The van der Waals surface area contributed by atoms with Gasteiger partial charge in [-0.2, -0.15) is 5.10 Å². The maximum atomic E-state index is 10.8. The van der Waals surface area contributed by atoms with Gasteiger partial charge in [0.2, 0.25) is 5.82 Å². The van der Waals surface area contributed by atoms with Gasteiger partial charge in [0.1, 0.15) is 5.15 Å². The highest BCUT2D eigenvalue weighted by atomic mass is 35.5. The third-order valence-corrected chi connectivity index (χ3v) is 2.47. The Kier molecular flexibility index (Phi) is 3.42. The maximum absolute atomic E-state index is 10.8. The highest BCUT2D eigenvalue weighted by Crippen LogP contribution is 2.24. The fourth-order valence-electron chi connectivity index (χ4n) is 1.45. The Balaban J connectivity index is 2.17. The first-order chi connectivity index (χ1) is 8.56. The molecule has 0 saturated carbocycles. The van der Waals surface area contributed by atoms with E-state index < -0.39 is 4.92 Å². The monoisotopic (exact) mass is 267 g/mol. The van der Waals surface area contributed by atoms with Crippen molar-refractivity contribution >= 4 is 23.1 Å². The number of nitrogens with one attached hydrogen (secondary N) is 1. The van der Waals surface area contributed by atoms with Crippen molar-refractivity contribution in [2.24, 2.45) is 7.05 Å². The largest absolute Gasteiger partial charge is 0.360 e. The molecule has 0 saturated heterocycles. The molecule has 0 aliphatic rings. The third kappa shape index (κ3) is 2.75. The number of pyridine rings is 1. The van der Waals surface area contributed by atoms with E-state index in [1.807, 2.05) is 6.20 Å². The molecule has 0 spiro atoms. The summed E-state index contributed by atoms with van der Waals surface area (Å²) < 4.78 is 1.65. The first-order valence-electron chi connectivity index (χ1n) is 5.08. The van der Waals surface area contributed by atoms with Crippen LogP contribution in [0.5, 0.6) is 0 Å². The Hall–Kier alpha value is -2.15. The van der Waals surface area contributed by atoms with Crippen LogP contribution in [-0.2, 0) is 13.6 Å². The number of rotatable bonds is 4. The molecular weight excluding hydrogens is 258 g/mol. The van der Waals surface area contributed by atoms with Crippen LogP contribution in [0.15, 0.2) is 24.5 Å². The fourth-order valence-corrected chi connectivity index (χ4v) is 1.60. The SMILES string of the molecule is Cn1cc(CNc2nc(Cl)ccc2[N+](=O)[O-])cn1. The van der Waals surface area contributed by atoms with E-state index in [1.165, 1.54) is 12.1 Å². The Bertz CT molecular complexity index is 583. The van der Waals surface area contributed by atoms with Crippen LogP contribution in [0.1, 0.15) is 5.56 Å². The summed E-state index contributed by atoms with van der Waals surface area (Å²) >= 11 is 5.72. The van der Waals surface area contributed by atoms with Gasteiger partial charge in [-0.05, 0) is 6.07 Å². The molecule has 7 nitrogen and oxygen atoms in total. The summed E-state index contributed by atoms with van der Waals surface area (Å²) in [6.45, 7) is 0.391. The molecule has 0 unspecified atom stereocenters. The van der Waals surface area contributed by atoms with Crippen LogP contribution >= 0.6 is 11.6 Å². The number of anilines is 1. The fraction of sp³-hybridized carbons (Fsp3) is 0.200. The lowest BCUT2D eigenvalue weighted by Gasteiger charge is -2.04. The number of aryl methyl sites for hydroxylation is 1. The summed E-state index contributed by atoms with van der Waals surface area (Å²) in [5.74, 6) is 0.149. The van der Waals surface area contributed by atoms with Gasteiger partial charge in [-0.3, -0.25) is 14.8 Å². The van der Waals surface area contributed by atoms with Crippen molar-refractivity contribution in [2.75, 3.05) is 5.32 Å². The predicted molar refractivity (Wildman–Crippen MR) is 66.4 cm³/mol. The van der Waals surface area contributed by atoms with Crippen LogP contribution in [0.4, 0.5) is 11.5 Å². The minimum Gasteiger partial charge on any atom is -0.360 e. The molecule has 2 aromatic heterocycles. The number of nitrogens with zero attached hydrogens (tertiary/aromatic N) is 4. The molecule has 0 aromatic carbocycles. The number of hydrogen-bond acceptors (Lipinski definition) is 5. The van der Waals surface area contributed by atoms with E-state index in [1.54, 1.807) is 17.9 Å². The Labute approximate surface area is 108 Å². The highest BCUT2D eigenvalue weighted by Gasteiger charge is 2.15. The average Bonchev–Trinajstić information content (AvgIpc) is 2.72. The quantitative estimate of drug-likeness (QED) is 0.520. The second kappa shape index (κ2) is 5.01. The molecule has 0 aliphatic heterocycles. The molecule has 94 valence electrons. The van der Waals surface area contributed by atoms with E-state index in [0.29, 0.717) is 6.54 Å². The van der Waals surface area contributed by atoms with Crippen molar-refractivity contribution in [2.45, 2.75) is 6.54 Å². The molecule has 0 fully saturated rings. The van der Waals surface area contributed by atoms with E-state index in [0.717, 1.165) is 5.56 Å². The molecule has 2 heterocycles. The van der Waals surface area contributed by atoms with E-state index in [9.17, 15) is 10.1 Å². The zero-order valence-electron chi connectivity index (χ0n) is 9.50. The second-order valence-corrected chi connectivity index (χ2v) is 4.02. The molecule has 1 N–H and O–H groups in total. The number of halogens is 1. The van der Waals surface area contributed by atoms with Crippen molar-refractivity contribution in [3.63, 3.8) is 0 Å². The number of hydrogen-bond donors (Lipinski definition) is 1. The molecule has 0 amide bonds. The van der Waals surface area contributed by atoms with Crippen molar-refractivity contribution in [3.8, 4) is 0 Å². The van der Waals surface area contributed by atoms with Gasteiger partial charge >= 0.3 is 5.69 Å². The van der Waals surface area contributed by atoms with Crippen molar-refractivity contribution in [1.82, 2.24) is 14.8 Å². The molecule has 0 atom stereocenters. The smallest absolute Gasteiger partial charge is 0.311 e. The standard InChI is InChI=1S/C10H10ClN5O2/c1-15-6-7(5-13-15)4-12-10-8(16(17)18)2-3-9(11)14-10/h2-3,5-6H,4H2,1H3,(H,12,14). The molecule has 2 aromatic rings. The Morgan fingerprint density at radius 3 is 2.94 bits per heavy atom. The number of nitro groups is 1. The van der Waals surface area contributed by atoms with Crippen molar-refractivity contribution in [1.29, 1.82) is 0 Å². The van der Waals surface area contributed by atoms with E-state index in [4.69, 9.17) is 11.6 Å². The van der Waals surface area contributed by atoms with Gasteiger partial charge in [-0.1, -0.05) is 11.6 Å². The van der Waals surface area contributed by atoms with E-state index in [-0.39, 0.29) is 16.7 Å². The lowest BCUT2D eigenvalue weighted by molar-refractivity contribution is -0.384. The first kappa shape index (κ1) is 12.3. The molecule has 0 bridgehead atoms. The zero-order chi connectivity index (χ0) is 13.1. The van der Waals surface area contributed by atoms with Crippen LogP contribution in [-0.4, -0.2) is 19.7 Å².